The van der Waals surface area contributed by atoms with Crippen LogP contribution in [0.4, 0.5) is 5.13 Å². The molecule has 1 fully saturated rings. The average molecular weight is 449 g/mol. The first kappa shape index (κ1) is 22.7. The molecule has 2 rings (SSSR count). The quantitative estimate of drug-likeness (QED) is 0.153. The Balaban J connectivity index is 2.29. The van der Waals surface area contributed by atoms with E-state index in [1.54, 1.807) is 0 Å². The van der Waals surface area contributed by atoms with Crippen molar-refractivity contribution in [1.29, 1.82) is 0 Å². The molecule has 2 heterocycles. The number of hydrogen-bond donors (Lipinski definition) is 4. The number of carbonyl (C=O) groups is 3. The van der Waals surface area contributed by atoms with Gasteiger partial charge >= 0.3 is 16.3 Å². The van der Waals surface area contributed by atoms with Crippen molar-refractivity contribution in [1.82, 2.24) is 9.29 Å². The van der Waals surface area contributed by atoms with Crippen molar-refractivity contribution in [2.45, 2.75) is 31.9 Å². The minimum absolute atomic E-state index is 0.00129. The molecule has 0 aromatic carbocycles. The lowest BCUT2D eigenvalue weighted by Gasteiger charge is -2.43. The summed E-state index contributed by atoms with van der Waals surface area (Å²) in [6, 6.07) is -1.11. The van der Waals surface area contributed by atoms with Crippen molar-refractivity contribution in [3.63, 3.8) is 0 Å². The van der Waals surface area contributed by atoms with Gasteiger partial charge in [-0.25, -0.2) is 14.1 Å². The van der Waals surface area contributed by atoms with Crippen LogP contribution in [0.2, 0.25) is 0 Å². The van der Waals surface area contributed by atoms with Crippen LogP contribution in [0.5, 0.6) is 0 Å². The highest BCUT2D eigenvalue weighted by Crippen LogP contribution is 2.32. The molecule has 0 aliphatic carbocycles. The zero-order chi connectivity index (χ0) is 22.1. The van der Waals surface area contributed by atoms with Gasteiger partial charge in [-0.3, -0.25) is 14.1 Å². The number of ketones is 1. The van der Waals surface area contributed by atoms with Crippen LogP contribution in [-0.4, -0.2) is 68.9 Å². The molecular weight excluding hydrogens is 430 g/mol. The van der Waals surface area contributed by atoms with Crippen molar-refractivity contribution in [3.8, 4) is 0 Å². The summed E-state index contributed by atoms with van der Waals surface area (Å²) in [5.74, 6) is -4.24. The fourth-order valence-electron chi connectivity index (χ4n) is 2.47. The number of β-lactam (4-membered cyclic amide) rings is 1. The van der Waals surface area contributed by atoms with Crippen LogP contribution in [0.25, 0.3) is 0 Å². The standard InChI is InChI=1S/C14H19N5O8S2/c1-14(2,12(22)23)27-18-10(7-5-28-13(16)17-7)9(20)3-6-8(4-15)19(11(6)21)29(24,25)26/h5-6,8H,3-4,15H2,1-2H3,(H2,16,17)(H,22,23)(H,24,25,26)/b18-10-/t6-,8+/m0/s1. The van der Waals surface area contributed by atoms with Crippen LogP contribution in [-0.2, 0) is 29.5 Å². The van der Waals surface area contributed by atoms with Gasteiger partial charge in [-0.05, 0) is 13.8 Å². The topological polar surface area (TPSA) is 216 Å². The molecule has 1 aromatic rings. The summed E-state index contributed by atoms with van der Waals surface area (Å²) >= 11 is 0.992. The smallest absolute Gasteiger partial charge is 0.362 e. The molecule has 0 bridgehead atoms. The number of carboxylic acids is 1. The van der Waals surface area contributed by atoms with E-state index in [2.05, 4.69) is 10.1 Å². The Morgan fingerprint density at radius 3 is 2.52 bits per heavy atom. The normalized spacial score (nSPS) is 20.3. The zero-order valence-electron chi connectivity index (χ0n) is 15.3. The van der Waals surface area contributed by atoms with E-state index in [0.29, 0.717) is 0 Å². The number of aliphatic carboxylic acids is 1. The van der Waals surface area contributed by atoms with E-state index in [4.69, 9.17) is 26.0 Å². The van der Waals surface area contributed by atoms with Gasteiger partial charge in [0.1, 0.15) is 5.69 Å². The lowest BCUT2D eigenvalue weighted by atomic mass is 9.85. The molecule has 0 unspecified atom stereocenters. The van der Waals surface area contributed by atoms with Crippen molar-refractivity contribution in [2.24, 2.45) is 16.8 Å². The predicted octanol–water partition coefficient (Wildman–Crippen LogP) is -1.14. The number of carbonyl (C=O) groups excluding carboxylic acids is 2. The van der Waals surface area contributed by atoms with E-state index in [1.807, 2.05) is 0 Å². The molecule has 160 valence electrons. The Labute approximate surface area is 169 Å². The van der Waals surface area contributed by atoms with Gasteiger partial charge in [0.25, 0.3) is 0 Å². The Hall–Kier alpha value is -2.62. The third kappa shape index (κ3) is 4.69. The highest BCUT2D eigenvalue weighted by Gasteiger charge is 2.53. The first-order valence-corrected chi connectivity index (χ1v) is 10.3. The number of oxime groups is 1. The minimum atomic E-state index is -4.81. The molecule has 1 aromatic heterocycles. The van der Waals surface area contributed by atoms with E-state index < -0.39 is 51.9 Å². The van der Waals surface area contributed by atoms with Crippen molar-refractivity contribution in [3.05, 3.63) is 11.1 Å². The summed E-state index contributed by atoms with van der Waals surface area (Å²) in [6.07, 6.45) is -0.514. The van der Waals surface area contributed by atoms with Gasteiger partial charge in [-0.2, -0.15) is 8.42 Å². The Kier molecular flexibility index (Phi) is 6.27. The van der Waals surface area contributed by atoms with Crippen LogP contribution in [0.3, 0.4) is 0 Å². The molecule has 0 radical (unpaired) electrons. The summed E-state index contributed by atoms with van der Waals surface area (Å²) in [5, 5.41) is 14.2. The molecule has 29 heavy (non-hydrogen) atoms. The monoisotopic (exact) mass is 449 g/mol. The summed E-state index contributed by atoms with van der Waals surface area (Å²) in [4.78, 5) is 44.9. The van der Waals surface area contributed by atoms with Gasteiger partial charge < -0.3 is 21.4 Å². The molecule has 15 heteroatoms. The molecule has 2 atom stereocenters. The fourth-order valence-corrected chi connectivity index (χ4v) is 3.96. The molecule has 0 saturated carbocycles. The number of nitrogens with zero attached hydrogens (tertiary/aromatic N) is 3. The van der Waals surface area contributed by atoms with Gasteiger partial charge in [-0.15, -0.1) is 11.3 Å². The first-order chi connectivity index (χ1) is 13.3. The van der Waals surface area contributed by atoms with E-state index in [1.165, 1.54) is 19.2 Å². The van der Waals surface area contributed by atoms with Gasteiger partial charge in [0.15, 0.2) is 16.6 Å². The summed E-state index contributed by atoms with van der Waals surface area (Å²) in [5.41, 5.74) is 8.86. The van der Waals surface area contributed by atoms with Crippen LogP contribution >= 0.6 is 11.3 Å². The lowest BCUT2D eigenvalue weighted by molar-refractivity contribution is -0.161. The van der Waals surface area contributed by atoms with Gasteiger partial charge in [0.05, 0.1) is 12.0 Å². The zero-order valence-corrected chi connectivity index (χ0v) is 16.9. The van der Waals surface area contributed by atoms with Crippen LogP contribution in [0.15, 0.2) is 10.5 Å². The summed E-state index contributed by atoms with van der Waals surface area (Å²) < 4.78 is 31.8. The number of hydrogen-bond acceptors (Lipinski definition) is 11. The number of nitrogen functional groups attached to an aromatic ring is 1. The molecule has 1 aliphatic rings. The number of rotatable bonds is 9. The second-order valence-electron chi connectivity index (χ2n) is 6.57. The average Bonchev–Trinajstić information content (AvgIpc) is 3.01. The van der Waals surface area contributed by atoms with Crippen molar-refractivity contribution >= 4 is 50.1 Å². The molecule has 1 aliphatic heterocycles. The molecular formula is C14H19N5O8S2. The second kappa shape index (κ2) is 8.02. The minimum Gasteiger partial charge on any atom is -0.478 e. The van der Waals surface area contributed by atoms with Gasteiger partial charge in [-0.1, -0.05) is 5.16 Å². The van der Waals surface area contributed by atoms with E-state index >= 15 is 0 Å². The maximum absolute atomic E-state index is 12.7. The van der Waals surface area contributed by atoms with Crippen LogP contribution in [0.1, 0.15) is 26.0 Å². The summed E-state index contributed by atoms with van der Waals surface area (Å²) in [6.45, 7) is 2.10. The Morgan fingerprint density at radius 1 is 1.45 bits per heavy atom. The number of thiazole rings is 1. The molecule has 0 spiro atoms. The molecule has 1 saturated heterocycles. The number of Topliss-reactive ketones (excluding diaryl/α,β-unsaturated/α-hetero) is 1. The number of anilines is 1. The predicted molar refractivity (Wildman–Crippen MR) is 100 cm³/mol. The van der Waals surface area contributed by atoms with E-state index in [9.17, 15) is 22.8 Å². The summed E-state index contributed by atoms with van der Waals surface area (Å²) in [7, 11) is -4.81. The van der Waals surface area contributed by atoms with Gasteiger partial charge in [0, 0.05) is 18.3 Å². The highest BCUT2D eigenvalue weighted by molar-refractivity contribution is 7.84. The maximum Gasteiger partial charge on any atom is 0.362 e. The Bertz CT molecular complexity index is 970. The molecule has 13 nitrogen and oxygen atoms in total. The molecule has 6 N–H and O–H groups in total. The number of nitrogens with two attached hydrogens (primary N) is 2. The highest BCUT2D eigenvalue weighted by atomic mass is 32.2. The van der Waals surface area contributed by atoms with Crippen molar-refractivity contribution < 1.29 is 37.3 Å². The molecule has 1 amide bonds. The third-order valence-electron chi connectivity index (χ3n) is 4.10. The fraction of sp³-hybridized carbons (Fsp3) is 0.500. The lowest BCUT2D eigenvalue weighted by Crippen LogP contribution is -2.65. The van der Waals surface area contributed by atoms with Crippen LogP contribution < -0.4 is 11.5 Å². The first-order valence-electron chi connectivity index (χ1n) is 8.04. The number of amides is 1. The van der Waals surface area contributed by atoms with Gasteiger partial charge in [0.2, 0.25) is 11.5 Å². The SMILES string of the molecule is CC(C)(O/N=C(\C(=O)C[C@@H]1C(=O)N(S(=O)(=O)O)[C@@H]1CN)c1csc(N)n1)C(=O)O. The largest absolute Gasteiger partial charge is 0.478 e. The van der Waals surface area contributed by atoms with E-state index in [-0.39, 0.29) is 27.4 Å². The Morgan fingerprint density at radius 2 is 2.07 bits per heavy atom. The van der Waals surface area contributed by atoms with E-state index in [0.717, 1.165) is 11.3 Å². The number of carboxylic acid groups (broad SMARTS) is 1. The van der Waals surface area contributed by atoms with Crippen molar-refractivity contribution in [2.75, 3.05) is 12.3 Å². The second-order valence-corrected chi connectivity index (χ2v) is 8.75. The van der Waals surface area contributed by atoms with Crippen LogP contribution in [0, 0.1) is 5.92 Å². The number of aromatic nitrogens is 1. The third-order valence-corrected chi connectivity index (χ3v) is 5.73. The maximum atomic E-state index is 12.7.